The van der Waals surface area contributed by atoms with Crippen LogP contribution in [0, 0.1) is 0 Å². The number of allylic oxidation sites excluding steroid dienone is 1. The summed E-state index contributed by atoms with van der Waals surface area (Å²) in [5, 5.41) is 0. The molecule has 0 aromatic carbocycles. The van der Waals surface area contributed by atoms with Gasteiger partial charge >= 0.3 is 0 Å². The van der Waals surface area contributed by atoms with E-state index in [1.165, 1.54) is 0 Å². The van der Waals surface area contributed by atoms with Gasteiger partial charge in [-0.15, -0.1) is 6.58 Å². The van der Waals surface area contributed by atoms with Gasteiger partial charge in [-0.3, -0.25) is 4.79 Å². The molecule has 0 aliphatic heterocycles. The fraction of sp³-hybridized carbons (Fsp3) is 0.364. The molecule has 0 N–H and O–H groups in total. The van der Waals surface area contributed by atoms with E-state index in [0.29, 0.717) is 0 Å². The Morgan fingerprint density at radius 1 is 1.69 bits per heavy atom. The third-order valence-corrected chi connectivity index (χ3v) is 1.98. The monoisotopic (exact) mass is 177 g/mol. The number of hydrogen-bond acceptors (Lipinski definition) is 1. The summed E-state index contributed by atoms with van der Waals surface area (Å²) in [5.41, 5.74) is 0.790. The molecular formula is C11H15NO. The average Bonchev–Trinajstić information content (AvgIpc) is 2.53. The van der Waals surface area contributed by atoms with Gasteiger partial charge < -0.3 is 4.57 Å². The van der Waals surface area contributed by atoms with Gasteiger partial charge in [-0.25, -0.2) is 0 Å². The molecule has 1 heterocycles. The summed E-state index contributed by atoms with van der Waals surface area (Å²) in [6.07, 6.45) is 7.85. The Morgan fingerprint density at radius 2 is 2.46 bits per heavy atom. The van der Waals surface area contributed by atoms with Crippen molar-refractivity contribution >= 4 is 5.78 Å². The van der Waals surface area contributed by atoms with Gasteiger partial charge in [-0.1, -0.05) is 6.08 Å². The van der Waals surface area contributed by atoms with Gasteiger partial charge in [0.1, 0.15) is 0 Å². The van der Waals surface area contributed by atoms with Crippen LogP contribution in [0.3, 0.4) is 0 Å². The highest BCUT2D eigenvalue weighted by Crippen LogP contribution is 2.04. The fourth-order valence-corrected chi connectivity index (χ4v) is 1.21. The molecule has 0 aliphatic rings. The first-order valence-electron chi connectivity index (χ1n) is 4.51. The van der Waals surface area contributed by atoms with Crippen LogP contribution in [0.1, 0.15) is 30.1 Å². The van der Waals surface area contributed by atoms with Crippen molar-refractivity contribution in [2.75, 3.05) is 0 Å². The van der Waals surface area contributed by atoms with Gasteiger partial charge in [0.2, 0.25) is 0 Å². The van der Waals surface area contributed by atoms with Crippen molar-refractivity contribution in [2.24, 2.45) is 0 Å². The zero-order valence-electron chi connectivity index (χ0n) is 7.99. The smallest absolute Gasteiger partial charge is 0.161 e. The predicted octanol–water partition coefficient (Wildman–Crippen LogP) is 2.66. The van der Waals surface area contributed by atoms with Crippen LogP contribution in [-0.4, -0.2) is 10.4 Å². The maximum absolute atomic E-state index is 11.0. The Bertz CT molecular complexity index is 299. The molecule has 1 rings (SSSR count). The number of ketones is 1. The van der Waals surface area contributed by atoms with Gasteiger partial charge in [0.05, 0.1) is 0 Å². The number of nitrogens with zero attached hydrogens (tertiary/aromatic N) is 1. The van der Waals surface area contributed by atoms with E-state index >= 15 is 0 Å². The van der Waals surface area contributed by atoms with Crippen LogP contribution in [0.5, 0.6) is 0 Å². The molecule has 2 nitrogen and oxygen atoms in total. The summed E-state index contributed by atoms with van der Waals surface area (Å²) in [4.78, 5) is 11.0. The second-order valence-electron chi connectivity index (χ2n) is 3.13. The fourth-order valence-electron chi connectivity index (χ4n) is 1.21. The minimum absolute atomic E-state index is 0.127. The number of aromatic nitrogens is 1. The molecule has 0 unspecified atom stereocenters. The summed E-state index contributed by atoms with van der Waals surface area (Å²) in [5.74, 6) is 0.127. The highest BCUT2D eigenvalue weighted by molar-refractivity contribution is 5.93. The van der Waals surface area contributed by atoms with Gasteiger partial charge in [0, 0.05) is 24.5 Å². The Balaban J connectivity index is 2.49. The molecular weight excluding hydrogens is 162 g/mol. The SMILES string of the molecule is C=CCCCn1ccc(C(C)=O)c1. The van der Waals surface area contributed by atoms with Gasteiger partial charge in [0.25, 0.3) is 0 Å². The van der Waals surface area contributed by atoms with E-state index in [1.54, 1.807) is 6.92 Å². The number of hydrogen-bond donors (Lipinski definition) is 0. The molecule has 0 saturated carbocycles. The molecule has 0 fully saturated rings. The summed E-state index contributed by atoms with van der Waals surface area (Å²) in [6.45, 7) is 6.21. The molecule has 0 amide bonds. The molecule has 0 radical (unpaired) electrons. The highest BCUT2D eigenvalue weighted by Gasteiger charge is 2.00. The van der Waals surface area contributed by atoms with E-state index in [-0.39, 0.29) is 5.78 Å². The lowest BCUT2D eigenvalue weighted by Gasteiger charge is -1.99. The summed E-state index contributed by atoms with van der Waals surface area (Å²) >= 11 is 0. The van der Waals surface area contributed by atoms with Gasteiger partial charge in [-0.05, 0) is 25.8 Å². The van der Waals surface area contributed by atoms with E-state index in [1.807, 2.05) is 29.1 Å². The van der Waals surface area contributed by atoms with Gasteiger partial charge in [0.15, 0.2) is 5.78 Å². The lowest BCUT2D eigenvalue weighted by Crippen LogP contribution is -1.94. The molecule has 0 bridgehead atoms. The Labute approximate surface area is 78.9 Å². The number of rotatable bonds is 5. The topological polar surface area (TPSA) is 22.0 Å². The minimum Gasteiger partial charge on any atom is -0.353 e. The molecule has 2 heteroatoms. The molecule has 0 saturated heterocycles. The number of aryl methyl sites for hydroxylation is 1. The van der Waals surface area contributed by atoms with Crippen molar-refractivity contribution in [3.63, 3.8) is 0 Å². The molecule has 13 heavy (non-hydrogen) atoms. The molecule has 0 atom stereocenters. The zero-order valence-corrected chi connectivity index (χ0v) is 7.99. The Hall–Kier alpha value is -1.31. The molecule has 1 aromatic rings. The first-order valence-corrected chi connectivity index (χ1v) is 4.51. The Morgan fingerprint density at radius 3 is 3.00 bits per heavy atom. The lowest BCUT2D eigenvalue weighted by molar-refractivity contribution is 0.101. The number of carbonyl (C=O) groups is 1. The van der Waals surface area contributed by atoms with Crippen LogP contribution in [-0.2, 0) is 6.54 Å². The van der Waals surface area contributed by atoms with Gasteiger partial charge in [-0.2, -0.15) is 0 Å². The van der Waals surface area contributed by atoms with Crippen LogP contribution < -0.4 is 0 Å². The largest absolute Gasteiger partial charge is 0.353 e. The first-order chi connectivity index (χ1) is 6.24. The molecule has 1 aromatic heterocycles. The van der Waals surface area contributed by atoms with Crippen molar-refractivity contribution < 1.29 is 4.79 Å². The summed E-state index contributed by atoms with van der Waals surface area (Å²) in [7, 11) is 0. The van der Waals surface area contributed by atoms with Crippen molar-refractivity contribution in [2.45, 2.75) is 26.3 Å². The average molecular weight is 177 g/mol. The first kappa shape index (κ1) is 9.78. The van der Waals surface area contributed by atoms with E-state index in [0.717, 1.165) is 24.9 Å². The van der Waals surface area contributed by atoms with Crippen LogP contribution in [0.2, 0.25) is 0 Å². The van der Waals surface area contributed by atoms with E-state index in [9.17, 15) is 4.79 Å². The normalized spacial score (nSPS) is 9.92. The van der Waals surface area contributed by atoms with E-state index in [4.69, 9.17) is 0 Å². The maximum atomic E-state index is 11.0. The summed E-state index contributed by atoms with van der Waals surface area (Å²) in [6, 6.07) is 1.86. The maximum Gasteiger partial charge on any atom is 0.161 e. The van der Waals surface area contributed by atoms with Crippen molar-refractivity contribution in [3.8, 4) is 0 Å². The minimum atomic E-state index is 0.127. The van der Waals surface area contributed by atoms with E-state index in [2.05, 4.69) is 6.58 Å². The van der Waals surface area contributed by atoms with Crippen LogP contribution in [0.15, 0.2) is 31.1 Å². The third-order valence-electron chi connectivity index (χ3n) is 1.98. The Kier molecular flexibility index (Phi) is 3.50. The van der Waals surface area contributed by atoms with Crippen molar-refractivity contribution in [1.29, 1.82) is 0 Å². The van der Waals surface area contributed by atoms with Crippen molar-refractivity contribution in [3.05, 3.63) is 36.7 Å². The molecule has 0 aliphatic carbocycles. The number of carbonyl (C=O) groups excluding carboxylic acids is 1. The zero-order chi connectivity index (χ0) is 9.68. The second kappa shape index (κ2) is 4.65. The molecule has 0 spiro atoms. The van der Waals surface area contributed by atoms with Crippen LogP contribution in [0.25, 0.3) is 0 Å². The standard InChI is InChI=1S/C11H15NO/c1-3-4-5-7-12-8-6-11(9-12)10(2)13/h3,6,8-9H,1,4-5,7H2,2H3. The summed E-state index contributed by atoms with van der Waals surface area (Å²) < 4.78 is 2.04. The number of unbranched alkanes of at least 4 members (excludes halogenated alkanes) is 1. The highest BCUT2D eigenvalue weighted by atomic mass is 16.1. The molecule has 70 valence electrons. The van der Waals surface area contributed by atoms with Crippen LogP contribution >= 0.6 is 0 Å². The van der Waals surface area contributed by atoms with Crippen LogP contribution in [0.4, 0.5) is 0 Å². The van der Waals surface area contributed by atoms with Crippen molar-refractivity contribution in [1.82, 2.24) is 4.57 Å². The lowest BCUT2D eigenvalue weighted by atomic mass is 10.2. The second-order valence-corrected chi connectivity index (χ2v) is 3.13. The van der Waals surface area contributed by atoms with E-state index < -0.39 is 0 Å². The number of Topliss-reactive ketones (excluding diaryl/α,β-unsaturated/α-hetero) is 1. The predicted molar refractivity (Wildman–Crippen MR) is 53.9 cm³/mol. The quantitative estimate of drug-likeness (QED) is 0.385. The third kappa shape index (κ3) is 2.90.